The molecule has 1 aromatic carbocycles. The maximum absolute atomic E-state index is 9.88. The van der Waals surface area contributed by atoms with Gasteiger partial charge in [-0.15, -0.1) is 5.10 Å². The molecule has 104 valence electrons. The molecule has 6 nitrogen and oxygen atoms in total. The molecule has 0 fully saturated rings. The van der Waals surface area contributed by atoms with E-state index in [-0.39, 0.29) is 11.7 Å². The fraction of sp³-hybridized carbons (Fsp3) is 0.143. The van der Waals surface area contributed by atoms with Crippen LogP contribution in [0.2, 0.25) is 0 Å². The molecular weight excluding hydrogens is 254 g/mol. The number of aromatic hydroxyl groups is 1. The molecule has 2 aromatic rings. The summed E-state index contributed by atoms with van der Waals surface area (Å²) in [6, 6.07) is 11.2. The summed E-state index contributed by atoms with van der Waals surface area (Å²) in [6.45, 7) is 0. The van der Waals surface area contributed by atoms with Gasteiger partial charge >= 0.3 is 0 Å². The van der Waals surface area contributed by atoms with Crippen LogP contribution in [0.5, 0.6) is 5.75 Å². The summed E-state index contributed by atoms with van der Waals surface area (Å²) < 4.78 is 1.95. The van der Waals surface area contributed by atoms with Crippen LogP contribution < -0.4 is 11.5 Å². The van der Waals surface area contributed by atoms with Crippen molar-refractivity contribution in [2.24, 2.45) is 21.7 Å². The minimum atomic E-state index is -0.0566. The summed E-state index contributed by atoms with van der Waals surface area (Å²) in [7, 11) is 0. The first-order chi connectivity index (χ1) is 9.68. The molecule has 1 aromatic heterocycles. The van der Waals surface area contributed by atoms with Gasteiger partial charge in [-0.3, -0.25) is 0 Å². The second-order valence-electron chi connectivity index (χ2n) is 4.22. The van der Waals surface area contributed by atoms with E-state index in [1.807, 2.05) is 35.0 Å². The van der Waals surface area contributed by atoms with E-state index in [0.29, 0.717) is 6.42 Å². The van der Waals surface area contributed by atoms with Crippen molar-refractivity contribution in [3.05, 3.63) is 48.3 Å². The van der Waals surface area contributed by atoms with Crippen molar-refractivity contribution >= 4 is 12.2 Å². The molecule has 1 heterocycles. The van der Waals surface area contributed by atoms with Crippen LogP contribution in [0.1, 0.15) is 12.1 Å². The average molecular weight is 271 g/mol. The average Bonchev–Trinajstić information content (AvgIpc) is 2.87. The summed E-state index contributed by atoms with van der Waals surface area (Å²) in [5.41, 5.74) is 12.2. The Bertz CT molecular complexity index is 626. The van der Waals surface area contributed by atoms with E-state index < -0.39 is 0 Å². The van der Waals surface area contributed by atoms with Crippen molar-refractivity contribution in [2.75, 3.05) is 0 Å². The lowest BCUT2D eigenvalue weighted by molar-refractivity contribution is 0.472. The summed E-state index contributed by atoms with van der Waals surface area (Å²) in [5, 5.41) is 17.2. The summed E-state index contributed by atoms with van der Waals surface area (Å²) in [5.74, 6) is 0.193. The van der Waals surface area contributed by atoms with Crippen molar-refractivity contribution in [3.8, 4) is 11.4 Å². The third kappa shape index (κ3) is 3.38. The predicted molar refractivity (Wildman–Crippen MR) is 80.1 cm³/mol. The number of guanidine groups is 1. The lowest BCUT2D eigenvalue weighted by Gasteiger charge is -2.10. The van der Waals surface area contributed by atoms with Crippen LogP contribution in [-0.4, -0.2) is 21.8 Å². The number of aryl methyl sites for hydroxylation is 1. The van der Waals surface area contributed by atoms with Gasteiger partial charge in [-0.25, -0.2) is 0 Å². The number of nitrogens with two attached hydrogens (primary N) is 2. The van der Waals surface area contributed by atoms with Crippen LogP contribution in [0.15, 0.2) is 52.8 Å². The first-order valence-electron chi connectivity index (χ1n) is 6.23. The molecule has 2 rings (SSSR count). The molecule has 0 spiro atoms. The topological polar surface area (TPSA) is 102 Å². The predicted octanol–water partition coefficient (Wildman–Crippen LogP) is 1.37. The number of hydrogen-bond acceptors (Lipinski definition) is 3. The SMILES string of the molecule is NC(N)=N/N=C/CCc1cccn1-c1ccccc1O. The number of aromatic nitrogens is 1. The van der Waals surface area contributed by atoms with E-state index in [1.165, 1.54) is 0 Å². The molecule has 0 saturated carbocycles. The molecule has 6 heteroatoms. The van der Waals surface area contributed by atoms with Crippen LogP contribution in [0, 0.1) is 0 Å². The van der Waals surface area contributed by atoms with E-state index >= 15 is 0 Å². The Morgan fingerprint density at radius 1 is 1.20 bits per heavy atom. The number of phenolic OH excluding ortho intramolecular Hbond substituents is 1. The van der Waals surface area contributed by atoms with Crippen molar-refractivity contribution < 1.29 is 5.11 Å². The molecule has 0 atom stereocenters. The zero-order chi connectivity index (χ0) is 14.4. The van der Waals surface area contributed by atoms with Gasteiger partial charge in [-0.2, -0.15) is 5.10 Å². The highest BCUT2D eigenvalue weighted by Crippen LogP contribution is 2.23. The molecule has 0 bridgehead atoms. The number of hydrogen-bond donors (Lipinski definition) is 3. The maximum atomic E-state index is 9.88. The van der Waals surface area contributed by atoms with Gasteiger partial charge < -0.3 is 21.1 Å². The van der Waals surface area contributed by atoms with Crippen LogP contribution in [0.4, 0.5) is 0 Å². The largest absolute Gasteiger partial charge is 0.506 e. The molecule has 0 aliphatic carbocycles. The van der Waals surface area contributed by atoms with Crippen molar-refractivity contribution in [1.29, 1.82) is 0 Å². The second kappa shape index (κ2) is 6.42. The van der Waals surface area contributed by atoms with E-state index in [2.05, 4.69) is 10.2 Å². The van der Waals surface area contributed by atoms with Gasteiger partial charge in [0.25, 0.3) is 0 Å². The molecule has 0 unspecified atom stereocenters. The highest BCUT2D eigenvalue weighted by molar-refractivity contribution is 5.76. The van der Waals surface area contributed by atoms with Crippen molar-refractivity contribution in [1.82, 2.24) is 4.57 Å². The van der Waals surface area contributed by atoms with Crippen LogP contribution in [-0.2, 0) is 6.42 Å². The smallest absolute Gasteiger partial charge is 0.211 e. The third-order valence-electron chi connectivity index (χ3n) is 2.76. The van der Waals surface area contributed by atoms with Gasteiger partial charge in [0.2, 0.25) is 5.96 Å². The Morgan fingerprint density at radius 2 is 2.00 bits per heavy atom. The molecule has 0 radical (unpaired) electrons. The molecule has 0 saturated heterocycles. The van der Waals surface area contributed by atoms with Crippen LogP contribution >= 0.6 is 0 Å². The minimum absolute atomic E-state index is 0.0566. The zero-order valence-electron chi connectivity index (χ0n) is 11.0. The van der Waals surface area contributed by atoms with E-state index in [4.69, 9.17) is 11.5 Å². The number of nitrogens with zero attached hydrogens (tertiary/aromatic N) is 3. The Labute approximate surface area is 117 Å². The van der Waals surface area contributed by atoms with E-state index in [1.54, 1.807) is 18.3 Å². The number of benzene rings is 1. The summed E-state index contributed by atoms with van der Waals surface area (Å²) in [4.78, 5) is 0. The Kier molecular flexibility index (Phi) is 4.39. The minimum Gasteiger partial charge on any atom is -0.506 e. The molecule has 0 amide bonds. The maximum Gasteiger partial charge on any atom is 0.211 e. The van der Waals surface area contributed by atoms with Gasteiger partial charge in [-0.1, -0.05) is 12.1 Å². The zero-order valence-corrected chi connectivity index (χ0v) is 11.0. The molecule has 20 heavy (non-hydrogen) atoms. The van der Waals surface area contributed by atoms with E-state index in [0.717, 1.165) is 17.8 Å². The number of phenols is 1. The fourth-order valence-electron chi connectivity index (χ4n) is 1.90. The molecule has 0 aliphatic heterocycles. The number of rotatable bonds is 5. The molecular formula is C14H17N5O. The van der Waals surface area contributed by atoms with Gasteiger partial charge in [-0.05, 0) is 37.1 Å². The lowest BCUT2D eigenvalue weighted by atomic mass is 10.2. The van der Waals surface area contributed by atoms with Gasteiger partial charge in [0.05, 0.1) is 5.69 Å². The summed E-state index contributed by atoms with van der Waals surface area (Å²) >= 11 is 0. The van der Waals surface area contributed by atoms with Crippen LogP contribution in [0.25, 0.3) is 5.69 Å². The quantitative estimate of drug-likeness (QED) is 0.435. The first-order valence-corrected chi connectivity index (χ1v) is 6.23. The lowest BCUT2D eigenvalue weighted by Crippen LogP contribution is -2.21. The monoisotopic (exact) mass is 271 g/mol. The van der Waals surface area contributed by atoms with Gasteiger partial charge in [0, 0.05) is 18.1 Å². The van der Waals surface area contributed by atoms with Crippen molar-refractivity contribution in [3.63, 3.8) is 0 Å². The van der Waals surface area contributed by atoms with Crippen LogP contribution in [0.3, 0.4) is 0 Å². The second-order valence-corrected chi connectivity index (χ2v) is 4.22. The Morgan fingerprint density at radius 3 is 2.75 bits per heavy atom. The van der Waals surface area contributed by atoms with Gasteiger partial charge in [0.15, 0.2) is 0 Å². The molecule has 0 aliphatic rings. The summed E-state index contributed by atoms with van der Waals surface area (Å²) in [6.07, 6.45) is 5.04. The highest BCUT2D eigenvalue weighted by Gasteiger charge is 2.06. The Hall–Kier alpha value is -2.76. The first kappa shape index (κ1) is 13.7. The van der Waals surface area contributed by atoms with E-state index in [9.17, 15) is 5.11 Å². The fourth-order valence-corrected chi connectivity index (χ4v) is 1.90. The normalized spacial score (nSPS) is 10.8. The highest BCUT2D eigenvalue weighted by atomic mass is 16.3. The standard InChI is InChI=1S/C14H17N5O/c15-14(16)18-17-9-3-5-11-6-4-10-19(11)12-7-1-2-8-13(12)20/h1-2,4,6-10,20H,3,5H2,(H4,15,16,18)/b17-9+. The van der Waals surface area contributed by atoms with Crippen molar-refractivity contribution in [2.45, 2.75) is 12.8 Å². The third-order valence-corrected chi connectivity index (χ3v) is 2.76. The molecule has 5 N–H and O–H groups in total. The van der Waals surface area contributed by atoms with Gasteiger partial charge in [0.1, 0.15) is 5.75 Å². The Balaban J connectivity index is 2.08. The number of para-hydroxylation sites is 2.